The highest BCUT2D eigenvalue weighted by Crippen LogP contribution is 2.41. The highest BCUT2D eigenvalue weighted by atomic mass is 16.5. The molecular weight excluding hydrogens is 264 g/mol. The Balaban J connectivity index is 2.14. The summed E-state index contributed by atoms with van der Waals surface area (Å²) in [6, 6.07) is 11.4. The Morgan fingerprint density at radius 3 is 2.48 bits per heavy atom. The third-order valence-corrected chi connectivity index (χ3v) is 3.61. The van der Waals surface area contributed by atoms with Crippen molar-refractivity contribution in [1.82, 2.24) is 0 Å². The van der Waals surface area contributed by atoms with E-state index < -0.39 is 0 Å². The normalized spacial score (nSPS) is 13.2. The van der Waals surface area contributed by atoms with E-state index in [-0.39, 0.29) is 5.75 Å². The smallest absolute Gasteiger partial charge is 0.141 e. The molecule has 1 heterocycles. The first kappa shape index (κ1) is 13.3. The highest BCUT2D eigenvalue weighted by Gasteiger charge is 2.20. The Labute approximate surface area is 123 Å². The van der Waals surface area contributed by atoms with Crippen molar-refractivity contribution in [3.63, 3.8) is 0 Å². The average Bonchev–Trinajstić information content (AvgIpc) is 2.51. The van der Waals surface area contributed by atoms with E-state index in [4.69, 9.17) is 9.47 Å². The molecule has 3 nitrogen and oxygen atoms in total. The van der Waals surface area contributed by atoms with Gasteiger partial charge in [0.2, 0.25) is 0 Å². The van der Waals surface area contributed by atoms with Gasteiger partial charge < -0.3 is 14.6 Å². The van der Waals surface area contributed by atoms with Crippen molar-refractivity contribution in [2.24, 2.45) is 0 Å². The maximum atomic E-state index is 9.84. The maximum Gasteiger partial charge on any atom is 0.141 e. The van der Waals surface area contributed by atoms with E-state index in [1.807, 2.05) is 43.3 Å². The Morgan fingerprint density at radius 2 is 1.81 bits per heavy atom. The van der Waals surface area contributed by atoms with Crippen molar-refractivity contribution in [2.75, 3.05) is 7.11 Å². The van der Waals surface area contributed by atoms with Gasteiger partial charge in [0.05, 0.1) is 7.11 Å². The molecule has 21 heavy (non-hydrogen) atoms. The number of hydrogen-bond acceptors (Lipinski definition) is 3. The molecule has 2 aromatic carbocycles. The fraction of sp³-hybridized carbons (Fsp3) is 0.111. The second-order valence-corrected chi connectivity index (χ2v) is 4.94. The molecule has 0 amide bonds. The Hall–Kier alpha value is -2.68. The van der Waals surface area contributed by atoms with Gasteiger partial charge in [-0.1, -0.05) is 18.7 Å². The maximum absolute atomic E-state index is 9.84. The van der Waals surface area contributed by atoms with E-state index in [1.54, 1.807) is 13.2 Å². The Kier molecular flexibility index (Phi) is 3.18. The summed E-state index contributed by atoms with van der Waals surface area (Å²) in [4.78, 5) is 0. The highest BCUT2D eigenvalue weighted by molar-refractivity contribution is 5.87. The van der Waals surface area contributed by atoms with E-state index in [2.05, 4.69) is 6.58 Å². The molecule has 1 aliphatic heterocycles. The largest absolute Gasteiger partial charge is 0.508 e. The first-order chi connectivity index (χ1) is 10.1. The molecule has 0 radical (unpaired) electrons. The monoisotopic (exact) mass is 280 g/mol. The van der Waals surface area contributed by atoms with Crippen LogP contribution >= 0.6 is 0 Å². The van der Waals surface area contributed by atoms with Crippen LogP contribution in [0.15, 0.2) is 54.8 Å². The summed E-state index contributed by atoms with van der Waals surface area (Å²) >= 11 is 0. The van der Waals surface area contributed by atoms with Crippen LogP contribution < -0.4 is 9.47 Å². The zero-order chi connectivity index (χ0) is 15.0. The van der Waals surface area contributed by atoms with Gasteiger partial charge in [-0.05, 0) is 48.4 Å². The second-order valence-electron chi connectivity index (χ2n) is 4.94. The molecule has 3 heteroatoms. The average molecular weight is 280 g/mol. The molecule has 0 atom stereocenters. The summed E-state index contributed by atoms with van der Waals surface area (Å²) < 4.78 is 10.9. The van der Waals surface area contributed by atoms with Gasteiger partial charge in [0, 0.05) is 11.1 Å². The van der Waals surface area contributed by atoms with Crippen LogP contribution in [0.1, 0.15) is 16.7 Å². The van der Waals surface area contributed by atoms with Crippen LogP contribution in [0.2, 0.25) is 0 Å². The van der Waals surface area contributed by atoms with E-state index in [1.165, 1.54) is 0 Å². The molecule has 0 aromatic heterocycles. The quantitative estimate of drug-likeness (QED) is 0.902. The minimum atomic E-state index is 0.220. The predicted octanol–water partition coefficient (Wildman–Crippen LogP) is 4.05. The van der Waals surface area contributed by atoms with E-state index >= 15 is 0 Å². The second kappa shape index (κ2) is 5.02. The van der Waals surface area contributed by atoms with Gasteiger partial charge in [0.1, 0.15) is 23.0 Å². The number of hydrogen-bond donors (Lipinski definition) is 1. The molecule has 0 bridgehead atoms. The van der Waals surface area contributed by atoms with Crippen LogP contribution in [0.5, 0.6) is 17.2 Å². The minimum absolute atomic E-state index is 0.220. The molecular formula is C18H16O3. The minimum Gasteiger partial charge on any atom is -0.508 e. The Bertz CT molecular complexity index is 740. The molecule has 106 valence electrons. The molecule has 0 aliphatic carbocycles. The predicted molar refractivity (Wildman–Crippen MR) is 82.7 cm³/mol. The fourth-order valence-corrected chi connectivity index (χ4v) is 2.43. The molecule has 0 fully saturated rings. The summed E-state index contributed by atoms with van der Waals surface area (Å²) in [6.45, 7) is 5.72. The molecule has 0 saturated carbocycles. The number of allylic oxidation sites excluding steroid dienone is 1. The van der Waals surface area contributed by atoms with Crippen LogP contribution in [0.3, 0.4) is 0 Å². The molecule has 0 unspecified atom stereocenters. The zero-order valence-corrected chi connectivity index (χ0v) is 12.0. The number of methoxy groups -OCH3 is 1. The van der Waals surface area contributed by atoms with Crippen molar-refractivity contribution in [3.8, 4) is 17.2 Å². The van der Waals surface area contributed by atoms with Crippen LogP contribution in [0.4, 0.5) is 0 Å². The van der Waals surface area contributed by atoms with Crippen molar-refractivity contribution < 1.29 is 14.6 Å². The van der Waals surface area contributed by atoms with Gasteiger partial charge >= 0.3 is 0 Å². The molecule has 2 aromatic rings. The van der Waals surface area contributed by atoms with E-state index in [0.29, 0.717) is 17.1 Å². The lowest BCUT2D eigenvalue weighted by Crippen LogP contribution is -2.05. The zero-order valence-electron chi connectivity index (χ0n) is 12.0. The Morgan fingerprint density at radius 1 is 1.10 bits per heavy atom. The standard InChI is InChI=1S/C18H16O3/c1-11-10-16(13-4-6-14(20-3)7-5-13)15-8-9-17(19)12(2)18(15)21-11/h4-10,19H,1H2,2-3H3. The van der Waals surface area contributed by atoms with Gasteiger partial charge in [-0.15, -0.1) is 0 Å². The van der Waals surface area contributed by atoms with E-state index in [9.17, 15) is 5.11 Å². The number of rotatable bonds is 2. The number of ether oxygens (including phenoxy) is 2. The topological polar surface area (TPSA) is 38.7 Å². The van der Waals surface area contributed by atoms with Crippen molar-refractivity contribution >= 4 is 5.57 Å². The van der Waals surface area contributed by atoms with E-state index in [0.717, 1.165) is 22.4 Å². The van der Waals surface area contributed by atoms with Crippen LogP contribution in [0, 0.1) is 6.92 Å². The first-order valence-corrected chi connectivity index (χ1v) is 6.66. The molecule has 0 saturated heterocycles. The van der Waals surface area contributed by atoms with Crippen LogP contribution in [-0.2, 0) is 0 Å². The number of phenols is 1. The summed E-state index contributed by atoms with van der Waals surface area (Å²) in [5, 5.41) is 9.84. The van der Waals surface area contributed by atoms with Crippen molar-refractivity contribution in [2.45, 2.75) is 6.92 Å². The number of aromatic hydroxyl groups is 1. The summed E-state index contributed by atoms with van der Waals surface area (Å²) in [5.41, 5.74) is 3.73. The SMILES string of the molecule is C=C1C=C(c2ccc(OC)cc2)c2ccc(O)c(C)c2O1. The van der Waals surface area contributed by atoms with Gasteiger partial charge in [0.25, 0.3) is 0 Å². The summed E-state index contributed by atoms with van der Waals surface area (Å²) in [7, 11) is 1.64. The lowest BCUT2D eigenvalue weighted by molar-refractivity contribution is 0.414. The molecule has 1 N–H and O–H groups in total. The van der Waals surface area contributed by atoms with Gasteiger partial charge in [0.15, 0.2) is 0 Å². The van der Waals surface area contributed by atoms with Crippen LogP contribution in [0.25, 0.3) is 5.57 Å². The van der Waals surface area contributed by atoms with Crippen molar-refractivity contribution in [3.05, 3.63) is 71.5 Å². The van der Waals surface area contributed by atoms with Gasteiger partial charge in [-0.25, -0.2) is 0 Å². The lowest BCUT2D eigenvalue weighted by atomic mass is 9.93. The van der Waals surface area contributed by atoms with Crippen molar-refractivity contribution in [1.29, 1.82) is 0 Å². The van der Waals surface area contributed by atoms with Crippen LogP contribution in [-0.4, -0.2) is 12.2 Å². The first-order valence-electron chi connectivity index (χ1n) is 6.66. The number of fused-ring (bicyclic) bond motifs is 1. The molecule has 0 spiro atoms. The van der Waals surface area contributed by atoms with Gasteiger partial charge in [-0.3, -0.25) is 0 Å². The number of benzene rings is 2. The summed E-state index contributed by atoms with van der Waals surface area (Å²) in [6.07, 6.45) is 1.90. The lowest BCUT2D eigenvalue weighted by Gasteiger charge is -2.22. The molecule has 1 aliphatic rings. The summed E-state index contributed by atoms with van der Waals surface area (Å²) in [5.74, 6) is 2.25. The molecule has 3 rings (SSSR count). The number of phenolic OH excluding ortho intramolecular Hbond substituents is 1. The van der Waals surface area contributed by atoms with Gasteiger partial charge in [-0.2, -0.15) is 0 Å². The third-order valence-electron chi connectivity index (χ3n) is 3.61. The fourth-order valence-electron chi connectivity index (χ4n) is 2.43. The third kappa shape index (κ3) is 2.27.